The second-order valence-electron chi connectivity index (χ2n) is 8.35. The Bertz CT molecular complexity index is 1570. The molecular formula is C28H24N4O6. The quantitative estimate of drug-likeness (QED) is 0.263. The lowest BCUT2D eigenvalue weighted by Gasteiger charge is -2.08. The molecule has 2 N–H and O–H groups in total. The molecule has 5 rings (SSSR count). The van der Waals surface area contributed by atoms with E-state index in [1.165, 1.54) is 6.08 Å². The van der Waals surface area contributed by atoms with E-state index < -0.39 is 11.8 Å². The lowest BCUT2D eigenvalue weighted by molar-refractivity contribution is -0.122. The van der Waals surface area contributed by atoms with E-state index in [0.29, 0.717) is 29.2 Å². The van der Waals surface area contributed by atoms with Gasteiger partial charge in [-0.1, -0.05) is 42.5 Å². The van der Waals surface area contributed by atoms with Gasteiger partial charge in [0.25, 0.3) is 5.91 Å². The monoisotopic (exact) mass is 512 g/mol. The maximum atomic E-state index is 12.3. The molecule has 38 heavy (non-hydrogen) atoms. The Morgan fingerprint density at radius 1 is 1.08 bits per heavy atom. The summed E-state index contributed by atoms with van der Waals surface area (Å²) in [4.78, 5) is 24.5. The lowest BCUT2D eigenvalue weighted by atomic mass is 10.2. The number of azo groups is 1. The summed E-state index contributed by atoms with van der Waals surface area (Å²) in [6, 6.07) is 20.1. The predicted molar refractivity (Wildman–Crippen MR) is 140 cm³/mol. The maximum absolute atomic E-state index is 12.3. The number of aromatic hydroxyl groups is 1. The molecule has 1 aliphatic heterocycles. The van der Waals surface area contributed by atoms with Gasteiger partial charge in [-0.15, -0.1) is 10.2 Å². The van der Waals surface area contributed by atoms with Crippen LogP contribution >= 0.6 is 0 Å². The molecular weight excluding hydrogens is 488 g/mol. The molecule has 1 aromatic heterocycles. The number of carbonyl (C=O) groups excluding carboxylic acids is 2. The molecule has 10 heteroatoms. The van der Waals surface area contributed by atoms with Crippen molar-refractivity contribution >= 4 is 34.5 Å². The Balaban J connectivity index is 1.27. The van der Waals surface area contributed by atoms with Crippen molar-refractivity contribution in [3.05, 3.63) is 83.9 Å². The third kappa shape index (κ3) is 5.19. The lowest BCUT2D eigenvalue weighted by Crippen LogP contribution is -2.26. The minimum atomic E-state index is -0.670. The van der Waals surface area contributed by atoms with Crippen LogP contribution in [0, 0.1) is 0 Å². The number of nitrogens with zero attached hydrogens (tertiary/aromatic N) is 3. The van der Waals surface area contributed by atoms with E-state index in [4.69, 9.17) is 14.2 Å². The molecule has 0 spiro atoms. The van der Waals surface area contributed by atoms with E-state index in [9.17, 15) is 14.7 Å². The first-order chi connectivity index (χ1) is 18.5. The van der Waals surface area contributed by atoms with Crippen LogP contribution in [0.3, 0.4) is 0 Å². The Morgan fingerprint density at radius 2 is 1.87 bits per heavy atom. The molecule has 0 bridgehead atoms. The van der Waals surface area contributed by atoms with Crippen LogP contribution in [0.25, 0.3) is 17.0 Å². The number of hydrogen-bond donors (Lipinski definition) is 2. The van der Waals surface area contributed by atoms with Gasteiger partial charge in [0.15, 0.2) is 17.2 Å². The second kappa shape index (κ2) is 10.9. The Kier molecular flexibility index (Phi) is 7.03. The van der Waals surface area contributed by atoms with Gasteiger partial charge in [0.05, 0.1) is 19.2 Å². The zero-order valence-corrected chi connectivity index (χ0v) is 20.5. The first kappa shape index (κ1) is 24.6. The number of ether oxygens (including phenoxy) is 3. The van der Waals surface area contributed by atoms with Crippen molar-refractivity contribution in [3.8, 4) is 23.1 Å². The number of amides is 2. The average Bonchev–Trinajstić information content (AvgIpc) is 3.51. The fourth-order valence-corrected chi connectivity index (χ4v) is 4.08. The summed E-state index contributed by atoms with van der Waals surface area (Å²) in [6.45, 7) is 0.157. The largest absolute Gasteiger partial charge is 0.496 e. The van der Waals surface area contributed by atoms with Crippen LogP contribution < -0.4 is 19.5 Å². The summed E-state index contributed by atoms with van der Waals surface area (Å²) < 4.78 is 17.7. The number of benzene rings is 3. The van der Waals surface area contributed by atoms with Crippen molar-refractivity contribution in [1.29, 1.82) is 0 Å². The van der Waals surface area contributed by atoms with Crippen LogP contribution in [0.4, 0.5) is 5.69 Å². The fraction of sp³-hybridized carbons (Fsp3) is 0.143. The van der Waals surface area contributed by atoms with Gasteiger partial charge in [-0.05, 0) is 35.9 Å². The zero-order chi connectivity index (χ0) is 26.5. The number of para-hydroxylation sites is 2. The number of hydrogen-bond acceptors (Lipinski definition) is 7. The van der Waals surface area contributed by atoms with Gasteiger partial charge < -0.3 is 29.2 Å². The number of aromatic nitrogens is 1. The second-order valence-corrected chi connectivity index (χ2v) is 8.35. The summed E-state index contributed by atoms with van der Waals surface area (Å²) in [5.41, 5.74) is 2.49. The molecule has 3 aromatic carbocycles. The summed E-state index contributed by atoms with van der Waals surface area (Å²) in [5.74, 6) is 0.663. The minimum absolute atomic E-state index is 0.135. The number of fused-ring (bicyclic) bond motifs is 2. The minimum Gasteiger partial charge on any atom is -0.496 e. The number of carbonyl (C=O) groups is 2. The van der Waals surface area contributed by atoms with E-state index in [1.807, 2.05) is 48.5 Å². The Hall–Kier alpha value is -5.12. The highest BCUT2D eigenvalue weighted by Gasteiger charge is 2.19. The number of methoxy groups -OCH3 is 1. The number of nitrogens with one attached hydrogen (secondary N) is 1. The SMILES string of the molecule is COc1ccccc1/C=C/C(=O)NCC(=O)N=Nc1c(O)n(Cc2ccc3c(c2)OCO3)c2ccccc12. The molecule has 1 aliphatic rings. The highest BCUT2D eigenvalue weighted by Crippen LogP contribution is 2.40. The van der Waals surface area contributed by atoms with Gasteiger partial charge in [0, 0.05) is 17.0 Å². The topological polar surface area (TPSA) is 124 Å². The van der Waals surface area contributed by atoms with Crippen LogP contribution in [0.1, 0.15) is 11.1 Å². The van der Waals surface area contributed by atoms with Crippen molar-refractivity contribution in [1.82, 2.24) is 9.88 Å². The molecule has 0 fully saturated rings. The van der Waals surface area contributed by atoms with Gasteiger partial charge in [0.2, 0.25) is 18.6 Å². The average molecular weight is 513 g/mol. The first-order valence-electron chi connectivity index (χ1n) is 11.8. The van der Waals surface area contributed by atoms with Crippen LogP contribution in [0.2, 0.25) is 0 Å². The van der Waals surface area contributed by atoms with Gasteiger partial charge in [-0.3, -0.25) is 9.59 Å². The molecule has 10 nitrogen and oxygen atoms in total. The third-order valence-electron chi connectivity index (χ3n) is 5.92. The normalized spacial score (nSPS) is 12.4. The van der Waals surface area contributed by atoms with Crippen molar-refractivity contribution < 1.29 is 28.9 Å². The molecule has 0 aliphatic carbocycles. The Labute approximate surface area is 217 Å². The van der Waals surface area contributed by atoms with Gasteiger partial charge in [-0.2, -0.15) is 0 Å². The van der Waals surface area contributed by atoms with Crippen molar-refractivity contribution in [2.75, 3.05) is 20.4 Å². The summed E-state index contributed by atoms with van der Waals surface area (Å²) in [6.07, 6.45) is 2.89. The molecule has 2 amide bonds. The number of rotatable bonds is 8. The van der Waals surface area contributed by atoms with Gasteiger partial charge >= 0.3 is 0 Å². The van der Waals surface area contributed by atoms with E-state index in [2.05, 4.69) is 15.5 Å². The molecule has 0 saturated carbocycles. The predicted octanol–water partition coefficient (Wildman–Crippen LogP) is 4.57. The van der Waals surface area contributed by atoms with Crippen molar-refractivity contribution in [2.24, 2.45) is 10.2 Å². The van der Waals surface area contributed by atoms with Crippen LogP contribution in [0.5, 0.6) is 23.1 Å². The molecule has 192 valence electrons. The van der Waals surface area contributed by atoms with Gasteiger partial charge in [0.1, 0.15) is 12.3 Å². The van der Waals surface area contributed by atoms with Crippen molar-refractivity contribution in [2.45, 2.75) is 6.54 Å². The van der Waals surface area contributed by atoms with Crippen molar-refractivity contribution in [3.63, 3.8) is 0 Å². The first-order valence-corrected chi connectivity index (χ1v) is 11.8. The van der Waals surface area contributed by atoms with E-state index in [1.54, 1.807) is 36.0 Å². The summed E-state index contributed by atoms with van der Waals surface area (Å²) in [7, 11) is 1.54. The molecule has 0 atom stereocenters. The van der Waals surface area contributed by atoms with E-state index in [0.717, 1.165) is 16.6 Å². The third-order valence-corrected chi connectivity index (χ3v) is 5.92. The molecule has 2 heterocycles. The summed E-state index contributed by atoms with van der Waals surface area (Å²) in [5, 5.41) is 21.8. The summed E-state index contributed by atoms with van der Waals surface area (Å²) >= 11 is 0. The van der Waals surface area contributed by atoms with Crippen LogP contribution in [-0.4, -0.2) is 41.9 Å². The highest BCUT2D eigenvalue weighted by molar-refractivity contribution is 5.96. The molecule has 4 aromatic rings. The van der Waals surface area contributed by atoms with Gasteiger partial charge in [-0.25, -0.2) is 0 Å². The molecule has 0 unspecified atom stereocenters. The van der Waals surface area contributed by atoms with Crippen LogP contribution in [-0.2, 0) is 16.1 Å². The smallest absolute Gasteiger partial charge is 0.283 e. The molecule has 0 radical (unpaired) electrons. The Morgan fingerprint density at radius 3 is 2.74 bits per heavy atom. The van der Waals surface area contributed by atoms with E-state index >= 15 is 0 Å². The fourth-order valence-electron chi connectivity index (χ4n) is 4.08. The highest BCUT2D eigenvalue weighted by atomic mass is 16.7. The zero-order valence-electron chi connectivity index (χ0n) is 20.5. The standard InChI is InChI=1S/C28H24N4O6/c1-36-22-9-5-2-6-19(22)11-13-25(33)29-15-26(34)30-31-27-20-7-3-4-8-21(20)32(28(27)35)16-18-10-12-23-24(14-18)38-17-37-23/h2-14,35H,15-17H2,1H3,(H,29,33)/b13-11+,31-30?. The van der Waals surface area contributed by atoms with Crippen LogP contribution in [0.15, 0.2) is 83.0 Å². The van der Waals surface area contributed by atoms with E-state index in [-0.39, 0.29) is 24.9 Å². The molecule has 0 saturated heterocycles. The maximum Gasteiger partial charge on any atom is 0.283 e.